The third-order valence-electron chi connectivity index (χ3n) is 4.23. The number of hydrogen-bond donors (Lipinski definition) is 2. The lowest BCUT2D eigenvalue weighted by Crippen LogP contribution is -2.30. The van der Waals surface area contributed by atoms with E-state index in [0.717, 1.165) is 0 Å². The molecule has 0 heterocycles. The van der Waals surface area contributed by atoms with Crippen molar-refractivity contribution in [1.82, 2.24) is 0 Å². The van der Waals surface area contributed by atoms with Crippen molar-refractivity contribution in [2.24, 2.45) is 0 Å². The number of methoxy groups -OCH3 is 1. The summed E-state index contributed by atoms with van der Waals surface area (Å²) in [6, 6.07) is 19.1. The number of carbonyl (C=O) groups excluding carboxylic acids is 1. The number of carbonyl (C=O) groups is 1. The zero-order chi connectivity index (χ0) is 22.4. The smallest absolute Gasteiger partial charge is 0.265 e. The SMILES string of the molecule is COc1cccc(O[C@@H](C)C(=O)Nc2ccc(S(=O)(=O)Nc3cccc(Cl)c3)cc2)c1. The molecular weight excluding hydrogens is 440 g/mol. The predicted molar refractivity (Wildman–Crippen MR) is 120 cm³/mol. The Bertz CT molecular complexity index is 1170. The van der Waals surface area contributed by atoms with Crippen LogP contribution in [-0.4, -0.2) is 27.5 Å². The summed E-state index contributed by atoms with van der Waals surface area (Å²) < 4.78 is 38.3. The molecule has 31 heavy (non-hydrogen) atoms. The summed E-state index contributed by atoms with van der Waals surface area (Å²) in [6.45, 7) is 1.61. The lowest BCUT2D eigenvalue weighted by atomic mass is 10.3. The zero-order valence-electron chi connectivity index (χ0n) is 16.8. The molecule has 0 spiro atoms. The number of anilines is 2. The van der Waals surface area contributed by atoms with E-state index in [1.165, 1.54) is 30.3 Å². The minimum absolute atomic E-state index is 0.0474. The van der Waals surface area contributed by atoms with E-state index in [0.29, 0.717) is 27.9 Å². The van der Waals surface area contributed by atoms with Gasteiger partial charge in [0.1, 0.15) is 11.5 Å². The topological polar surface area (TPSA) is 93.7 Å². The van der Waals surface area contributed by atoms with Gasteiger partial charge in [-0.25, -0.2) is 8.42 Å². The number of nitrogens with one attached hydrogen (secondary N) is 2. The van der Waals surface area contributed by atoms with Gasteiger partial charge in [-0.15, -0.1) is 0 Å². The second-order valence-electron chi connectivity index (χ2n) is 6.57. The van der Waals surface area contributed by atoms with Crippen molar-refractivity contribution in [1.29, 1.82) is 0 Å². The monoisotopic (exact) mass is 460 g/mol. The average Bonchev–Trinajstić information content (AvgIpc) is 2.74. The van der Waals surface area contributed by atoms with E-state index in [2.05, 4.69) is 10.0 Å². The summed E-state index contributed by atoms with van der Waals surface area (Å²) in [4.78, 5) is 12.5. The molecule has 0 saturated heterocycles. The molecule has 7 nitrogen and oxygen atoms in total. The number of hydrogen-bond acceptors (Lipinski definition) is 5. The molecule has 3 aromatic rings. The molecule has 0 radical (unpaired) electrons. The summed E-state index contributed by atoms with van der Waals surface area (Å²) >= 11 is 5.89. The van der Waals surface area contributed by atoms with E-state index in [-0.39, 0.29) is 10.8 Å². The van der Waals surface area contributed by atoms with Crippen molar-refractivity contribution in [3.05, 3.63) is 77.8 Å². The summed E-state index contributed by atoms with van der Waals surface area (Å²) in [5.74, 6) is 0.735. The van der Waals surface area contributed by atoms with Gasteiger partial charge in [0, 0.05) is 16.8 Å². The van der Waals surface area contributed by atoms with Crippen molar-refractivity contribution in [2.75, 3.05) is 17.1 Å². The summed E-state index contributed by atoms with van der Waals surface area (Å²) in [5, 5.41) is 3.12. The normalized spacial score (nSPS) is 12.0. The van der Waals surface area contributed by atoms with Crippen molar-refractivity contribution in [3.8, 4) is 11.5 Å². The van der Waals surface area contributed by atoms with E-state index in [1.807, 2.05) is 0 Å². The van der Waals surface area contributed by atoms with Gasteiger partial charge in [0.15, 0.2) is 6.10 Å². The molecule has 0 bridgehead atoms. The quantitative estimate of drug-likeness (QED) is 0.514. The van der Waals surface area contributed by atoms with Crippen LogP contribution in [-0.2, 0) is 14.8 Å². The second-order valence-corrected chi connectivity index (χ2v) is 8.69. The van der Waals surface area contributed by atoms with Crippen LogP contribution in [0.25, 0.3) is 0 Å². The van der Waals surface area contributed by atoms with E-state index >= 15 is 0 Å². The number of halogens is 1. The van der Waals surface area contributed by atoms with Crippen molar-refractivity contribution < 1.29 is 22.7 Å². The largest absolute Gasteiger partial charge is 0.497 e. The molecule has 0 aliphatic carbocycles. The number of amides is 1. The Morgan fingerprint density at radius 2 is 1.61 bits per heavy atom. The van der Waals surface area contributed by atoms with Gasteiger partial charge >= 0.3 is 0 Å². The number of ether oxygens (including phenoxy) is 2. The minimum Gasteiger partial charge on any atom is -0.497 e. The first kappa shape index (κ1) is 22.5. The van der Waals surface area contributed by atoms with E-state index < -0.39 is 16.1 Å². The van der Waals surface area contributed by atoms with Gasteiger partial charge in [-0.05, 0) is 61.5 Å². The maximum atomic E-state index is 12.5. The first-order valence-corrected chi connectivity index (χ1v) is 11.1. The van der Waals surface area contributed by atoms with Gasteiger partial charge in [-0.2, -0.15) is 0 Å². The molecule has 3 rings (SSSR count). The Kier molecular flexibility index (Phi) is 7.04. The molecule has 0 fully saturated rings. The van der Waals surface area contributed by atoms with Crippen LogP contribution in [0.15, 0.2) is 77.7 Å². The summed E-state index contributed by atoms with van der Waals surface area (Å²) in [7, 11) is -2.25. The maximum absolute atomic E-state index is 12.5. The maximum Gasteiger partial charge on any atom is 0.265 e. The predicted octanol–water partition coefficient (Wildman–Crippen LogP) is 4.56. The van der Waals surface area contributed by atoms with Crippen molar-refractivity contribution in [2.45, 2.75) is 17.9 Å². The zero-order valence-corrected chi connectivity index (χ0v) is 18.4. The molecule has 9 heteroatoms. The van der Waals surface area contributed by atoms with Gasteiger partial charge in [0.05, 0.1) is 17.7 Å². The molecule has 0 aliphatic rings. The van der Waals surface area contributed by atoms with Crippen molar-refractivity contribution in [3.63, 3.8) is 0 Å². The van der Waals surface area contributed by atoms with Crippen molar-refractivity contribution >= 4 is 38.9 Å². The fourth-order valence-corrected chi connectivity index (χ4v) is 3.90. The van der Waals surface area contributed by atoms with Crippen LogP contribution in [0, 0.1) is 0 Å². The molecule has 0 unspecified atom stereocenters. The number of sulfonamides is 1. The minimum atomic E-state index is -3.80. The first-order chi connectivity index (χ1) is 14.8. The molecule has 2 N–H and O–H groups in total. The standard InChI is InChI=1S/C22H21ClN2O5S/c1-15(30-20-8-4-7-19(14-20)29-2)22(26)24-17-9-11-21(12-10-17)31(27,28)25-18-6-3-5-16(23)13-18/h3-15,25H,1-2H3,(H,24,26)/t15-/m0/s1. The van der Waals surface area contributed by atoms with Crippen LogP contribution >= 0.6 is 11.6 Å². The Labute approximate surface area is 186 Å². The molecule has 0 saturated carbocycles. The van der Waals surface area contributed by atoms with Crippen LogP contribution in [0.5, 0.6) is 11.5 Å². The lowest BCUT2D eigenvalue weighted by molar-refractivity contribution is -0.122. The highest BCUT2D eigenvalue weighted by atomic mass is 35.5. The molecule has 3 aromatic carbocycles. The van der Waals surface area contributed by atoms with E-state index in [4.69, 9.17) is 21.1 Å². The van der Waals surface area contributed by atoms with Gasteiger partial charge in [-0.3, -0.25) is 9.52 Å². The summed E-state index contributed by atoms with van der Waals surface area (Å²) in [5.41, 5.74) is 0.793. The lowest BCUT2D eigenvalue weighted by Gasteiger charge is -2.15. The van der Waals surface area contributed by atoms with Gasteiger partial charge in [0.25, 0.3) is 15.9 Å². The molecule has 1 atom stereocenters. The Morgan fingerprint density at radius 1 is 0.935 bits per heavy atom. The summed E-state index contributed by atoms with van der Waals surface area (Å²) in [6.07, 6.45) is -0.778. The third-order valence-corrected chi connectivity index (χ3v) is 5.86. The highest BCUT2D eigenvalue weighted by Gasteiger charge is 2.17. The second kappa shape index (κ2) is 9.72. The average molecular weight is 461 g/mol. The molecule has 0 aliphatic heterocycles. The van der Waals surface area contributed by atoms with Crippen LogP contribution in [0.4, 0.5) is 11.4 Å². The van der Waals surface area contributed by atoms with Gasteiger partial charge < -0.3 is 14.8 Å². The van der Waals surface area contributed by atoms with Crippen LogP contribution < -0.4 is 19.5 Å². The van der Waals surface area contributed by atoms with Gasteiger partial charge in [0.2, 0.25) is 0 Å². The number of benzene rings is 3. The van der Waals surface area contributed by atoms with E-state index in [9.17, 15) is 13.2 Å². The fraction of sp³-hybridized carbons (Fsp3) is 0.136. The van der Waals surface area contributed by atoms with Crippen LogP contribution in [0.1, 0.15) is 6.92 Å². The molecule has 1 amide bonds. The fourth-order valence-electron chi connectivity index (χ4n) is 2.66. The third kappa shape index (κ3) is 6.13. The van der Waals surface area contributed by atoms with E-state index in [1.54, 1.807) is 56.5 Å². The Balaban J connectivity index is 1.63. The first-order valence-electron chi connectivity index (χ1n) is 9.27. The van der Waals surface area contributed by atoms with Crippen LogP contribution in [0.3, 0.4) is 0 Å². The molecular formula is C22H21ClN2O5S. The van der Waals surface area contributed by atoms with Gasteiger partial charge in [-0.1, -0.05) is 23.7 Å². The Hall–Kier alpha value is -3.23. The Morgan fingerprint density at radius 3 is 2.29 bits per heavy atom. The highest BCUT2D eigenvalue weighted by Crippen LogP contribution is 2.22. The van der Waals surface area contributed by atoms with Crippen LogP contribution in [0.2, 0.25) is 5.02 Å². The molecule has 162 valence electrons. The molecule has 0 aromatic heterocycles. The number of rotatable bonds is 8. The highest BCUT2D eigenvalue weighted by molar-refractivity contribution is 7.92.